The van der Waals surface area contributed by atoms with Crippen molar-refractivity contribution < 1.29 is 0 Å². The van der Waals surface area contributed by atoms with Crippen molar-refractivity contribution in [3.8, 4) is 11.3 Å². The molecule has 20 heavy (non-hydrogen) atoms. The molecular formula is C16H15N3S. The number of anilines is 1. The second-order valence-corrected chi connectivity index (χ2v) is 5.43. The van der Waals surface area contributed by atoms with Crippen LogP contribution in [-0.2, 0) is 6.54 Å². The van der Waals surface area contributed by atoms with E-state index in [-0.39, 0.29) is 0 Å². The third-order valence-electron chi connectivity index (χ3n) is 3.11. The Bertz CT molecular complexity index is 692. The van der Waals surface area contributed by atoms with Crippen molar-refractivity contribution in [3.63, 3.8) is 0 Å². The Balaban J connectivity index is 1.73. The minimum Gasteiger partial charge on any atom is -0.357 e. The minimum absolute atomic E-state index is 0.791. The van der Waals surface area contributed by atoms with Gasteiger partial charge < -0.3 is 5.32 Å². The van der Waals surface area contributed by atoms with Gasteiger partial charge in [-0.2, -0.15) is 0 Å². The topological polar surface area (TPSA) is 37.8 Å². The highest BCUT2D eigenvalue weighted by Crippen LogP contribution is 2.26. The molecule has 0 aliphatic heterocycles. The predicted octanol–water partition coefficient (Wildman–Crippen LogP) is 4.13. The molecule has 0 bridgehead atoms. The van der Waals surface area contributed by atoms with Crippen molar-refractivity contribution in [2.75, 3.05) is 5.32 Å². The SMILES string of the molecule is Cc1ccncc1-c1csc(NCc2ccccc2)n1. The quantitative estimate of drug-likeness (QED) is 0.781. The number of aryl methyl sites for hydroxylation is 1. The molecule has 2 aromatic heterocycles. The summed E-state index contributed by atoms with van der Waals surface area (Å²) < 4.78 is 0. The zero-order chi connectivity index (χ0) is 13.8. The van der Waals surface area contributed by atoms with Crippen LogP contribution in [0.3, 0.4) is 0 Å². The molecule has 3 nitrogen and oxygen atoms in total. The van der Waals surface area contributed by atoms with Crippen LogP contribution in [0.4, 0.5) is 5.13 Å². The Kier molecular flexibility index (Phi) is 3.74. The van der Waals surface area contributed by atoms with Gasteiger partial charge in [-0.1, -0.05) is 30.3 Å². The lowest BCUT2D eigenvalue weighted by molar-refractivity contribution is 1.13. The molecule has 0 saturated heterocycles. The van der Waals surface area contributed by atoms with Crippen LogP contribution in [0.1, 0.15) is 11.1 Å². The number of nitrogens with one attached hydrogen (secondary N) is 1. The maximum absolute atomic E-state index is 4.62. The summed E-state index contributed by atoms with van der Waals surface area (Å²) >= 11 is 1.62. The van der Waals surface area contributed by atoms with Gasteiger partial charge in [-0.3, -0.25) is 4.98 Å². The van der Waals surface area contributed by atoms with Crippen LogP contribution in [0.2, 0.25) is 0 Å². The van der Waals surface area contributed by atoms with Gasteiger partial charge in [0, 0.05) is 29.9 Å². The first kappa shape index (κ1) is 12.8. The number of benzene rings is 1. The first-order valence-corrected chi connectivity index (χ1v) is 7.35. The molecule has 0 spiro atoms. The maximum atomic E-state index is 4.62. The van der Waals surface area contributed by atoms with Crippen LogP contribution in [0.15, 0.2) is 54.2 Å². The van der Waals surface area contributed by atoms with E-state index in [0.717, 1.165) is 22.9 Å². The smallest absolute Gasteiger partial charge is 0.183 e. The lowest BCUT2D eigenvalue weighted by atomic mass is 10.1. The van der Waals surface area contributed by atoms with Crippen molar-refractivity contribution in [1.82, 2.24) is 9.97 Å². The van der Waals surface area contributed by atoms with E-state index in [1.54, 1.807) is 17.5 Å². The van der Waals surface area contributed by atoms with Crippen LogP contribution in [-0.4, -0.2) is 9.97 Å². The van der Waals surface area contributed by atoms with Gasteiger partial charge in [-0.05, 0) is 24.1 Å². The predicted molar refractivity (Wildman–Crippen MR) is 83.9 cm³/mol. The fourth-order valence-electron chi connectivity index (χ4n) is 1.98. The monoisotopic (exact) mass is 281 g/mol. The van der Waals surface area contributed by atoms with E-state index in [2.05, 4.69) is 39.7 Å². The molecule has 0 fully saturated rings. The zero-order valence-corrected chi connectivity index (χ0v) is 12.0. The third-order valence-corrected chi connectivity index (χ3v) is 3.91. The molecular weight excluding hydrogens is 266 g/mol. The molecule has 0 aliphatic rings. The van der Waals surface area contributed by atoms with Gasteiger partial charge in [0.1, 0.15) is 0 Å². The van der Waals surface area contributed by atoms with E-state index >= 15 is 0 Å². The Labute approximate surface area is 122 Å². The molecule has 3 aromatic rings. The van der Waals surface area contributed by atoms with E-state index in [1.165, 1.54) is 11.1 Å². The fourth-order valence-corrected chi connectivity index (χ4v) is 2.69. The molecule has 2 heterocycles. The number of rotatable bonds is 4. The summed E-state index contributed by atoms with van der Waals surface area (Å²) in [4.78, 5) is 8.79. The number of hydrogen-bond donors (Lipinski definition) is 1. The first-order valence-electron chi connectivity index (χ1n) is 6.47. The highest BCUT2D eigenvalue weighted by molar-refractivity contribution is 7.14. The van der Waals surface area contributed by atoms with E-state index < -0.39 is 0 Å². The van der Waals surface area contributed by atoms with Crippen LogP contribution in [0.5, 0.6) is 0 Å². The second kappa shape index (κ2) is 5.84. The van der Waals surface area contributed by atoms with Crippen molar-refractivity contribution in [3.05, 3.63) is 65.3 Å². The van der Waals surface area contributed by atoms with Gasteiger partial charge in [0.25, 0.3) is 0 Å². The normalized spacial score (nSPS) is 10.4. The van der Waals surface area contributed by atoms with Crippen LogP contribution in [0, 0.1) is 6.92 Å². The van der Waals surface area contributed by atoms with Crippen LogP contribution < -0.4 is 5.32 Å². The van der Waals surface area contributed by atoms with Gasteiger partial charge in [-0.15, -0.1) is 11.3 Å². The number of aromatic nitrogens is 2. The summed E-state index contributed by atoms with van der Waals surface area (Å²) in [6, 6.07) is 12.3. The minimum atomic E-state index is 0.791. The summed E-state index contributed by atoms with van der Waals surface area (Å²) in [5.41, 5.74) is 4.52. The molecule has 4 heteroatoms. The fraction of sp³-hybridized carbons (Fsp3) is 0.125. The van der Waals surface area contributed by atoms with E-state index in [1.807, 2.05) is 30.5 Å². The molecule has 0 saturated carbocycles. The zero-order valence-electron chi connectivity index (χ0n) is 11.2. The Hall–Kier alpha value is -2.20. The molecule has 0 atom stereocenters. The second-order valence-electron chi connectivity index (χ2n) is 4.57. The molecule has 1 N–H and O–H groups in total. The summed E-state index contributed by atoms with van der Waals surface area (Å²) in [6.45, 7) is 2.87. The maximum Gasteiger partial charge on any atom is 0.183 e. The molecule has 1 aromatic carbocycles. The number of pyridine rings is 1. The summed E-state index contributed by atoms with van der Waals surface area (Å²) in [6.07, 6.45) is 3.67. The highest BCUT2D eigenvalue weighted by atomic mass is 32.1. The number of thiazole rings is 1. The summed E-state index contributed by atoms with van der Waals surface area (Å²) in [5, 5.41) is 6.36. The van der Waals surface area contributed by atoms with E-state index in [9.17, 15) is 0 Å². The number of nitrogens with zero attached hydrogens (tertiary/aromatic N) is 2. The Morgan fingerprint density at radius 3 is 2.80 bits per heavy atom. The highest BCUT2D eigenvalue weighted by Gasteiger charge is 2.06. The Morgan fingerprint density at radius 1 is 1.15 bits per heavy atom. The third kappa shape index (κ3) is 2.86. The van der Waals surface area contributed by atoms with Gasteiger partial charge >= 0.3 is 0 Å². The van der Waals surface area contributed by atoms with Crippen molar-refractivity contribution in [2.45, 2.75) is 13.5 Å². The van der Waals surface area contributed by atoms with Gasteiger partial charge in [-0.25, -0.2) is 4.98 Å². The number of hydrogen-bond acceptors (Lipinski definition) is 4. The largest absolute Gasteiger partial charge is 0.357 e. The van der Waals surface area contributed by atoms with Crippen molar-refractivity contribution in [1.29, 1.82) is 0 Å². The van der Waals surface area contributed by atoms with Crippen LogP contribution in [0.25, 0.3) is 11.3 Å². The molecule has 0 aliphatic carbocycles. The first-order chi connectivity index (χ1) is 9.83. The van der Waals surface area contributed by atoms with E-state index in [0.29, 0.717) is 0 Å². The van der Waals surface area contributed by atoms with Gasteiger partial charge in [0.05, 0.1) is 5.69 Å². The lowest BCUT2D eigenvalue weighted by Crippen LogP contribution is -1.98. The molecule has 0 amide bonds. The van der Waals surface area contributed by atoms with Crippen LogP contribution >= 0.6 is 11.3 Å². The lowest BCUT2D eigenvalue weighted by Gasteiger charge is -2.02. The van der Waals surface area contributed by atoms with Gasteiger partial charge in [0.15, 0.2) is 5.13 Å². The summed E-state index contributed by atoms with van der Waals surface area (Å²) in [5.74, 6) is 0. The molecule has 100 valence electrons. The average Bonchev–Trinajstić information content (AvgIpc) is 2.95. The molecule has 0 unspecified atom stereocenters. The Morgan fingerprint density at radius 2 is 2.00 bits per heavy atom. The summed E-state index contributed by atoms with van der Waals surface area (Å²) in [7, 11) is 0. The van der Waals surface area contributed by atoms with Crippen molar-refractivity contribution in [2.24, 2.45) is 0 Å². The van der Waals surface area contributed by atoms with Crippen molar-refractivity contribution >= 4 is 16.5 Å². The van der Waals surface area contributed by atoms with E-state index in [4.69, 9.17) is 0 Å². The standard InChI is InChI=1S/C16H15N3S/c1-12-7-8-17-10-14(12)15-11-20-16(19-15)18-9-13-5-3-2-4-6-13/h2-8,10-11H,9H2,1H3,(H,18,19). The molecule has 0 radical (unpaired) electrons. The van der Waals surface area contributed by atoms with Gasteiger partial charge in [0.2, 0.25) is 0 Å². The molecule has 3 rings (SSSR count). The average molecular weight is 281 g/mol.